The zero-order valence-electron chi connectivity index (χ0n) is 7.37. The predicted molar refractivity (Wildman–Crippen MR) is 63.3 cm³/mol. The number of thioether (sulfide) groups is 1. The molecule has 2 aromatic rings. The average Bonchev–Trinajstić information content (AvgIpc) is 2.61. The largest absolute Gasteiger partial charge is 0.192 e. The first-order valence-electron chi connectivity index (χ1n) is 3.92. The highest BCUT2D eigenvalue weighted by Crippen LogP contribution is 2.36. The van der Waals surface area contributed by atoms with E-state index >= 15 is 0 Å². The molecule has 0 fully saturated rings. The van der Waals surface area contributed by atoms with Crippen LogP contribution in [0.3, 0.4) is 0 Å². The number of thiophene rings is 1. The van der Waals surface area contributed by atoms with Crippen LogP contribution in [0.2, 0.25) is 5.02 Å². The Labute approximate surface area is 95.3 Å². The van der Waals surface area contributed by atoms with Crippen molar-refractivity contribution in [2.75, 3.05) is 6.26 Å². The van der Waals surface area contributed by atoms with Gasteiger partial charge in [0.05, 0.1) is 20.9 Å². The van der Waals surface area contributed by atoms with Crippen LogP contribution >= 0.6 is 34.7 Å². The summed E-state index contributed by atoms with van der Waals surface area (Å²) in [6, 6.07) is 7.76. The van der Waals surface area contributed by atoms with E-state index in [1.54, 1.807) is 29.2 Å². The summed E-state index contributed by atoms with van der Waals surface area (Å²) in [4.78, 5) is 0. The third kappa shape index (κ3) is 1.61. The first-order chi connectivity index (χ1) is 6.74. The maximum atomic E-state index is 8.78. The van der Waals surface area contributed by atoms with Crippen LogP contribution < -0.4 is 0 Å². The van der Waals surface area contributed by atoms with Crippen molar-refractivity contribution in [3.63, 3.8) is 0 Å². The molecule has 0 amide bonds. The molecule has 0 spiro atoms. The molecular weight excluding hydrogens is 234 g/mol. The summed E-state index contributed by atoms with van der Waals surface area (Å²) in [6.07, 6.45) is 2.03. The fourth-order valence-corrected chi connectivity index (χ4v) is 3.26. The molecule has 0 aliphatic heterocycles. The Morgan fingerprint density at radius 2 is 2.21 bits per heavy atom. The molecule has 0 atom stereocenters. The molecule has 0 aliphatic carbocycles. The summed E-state index contributed by atoms with van der Waals surface area (Å²) >= 11 is 9.42. The van der Waals surface area contributed by atoms with Crippen LogP contribution in [0.4, 0.5) is 0 Å². The number of nitrogens with zero attached hydrogens (tertiary/aromatic N) is 1. The van der Waals surface area contributed by atoms with E-state index in [0.717, 1.165) is 10.1 Å². The number of fused-ring (bicyclic) bond motifs is 1. The van der Waals surface area contributed by atoms with Gasteiger partial charge in [0.2, 0.25) is 0 Å². The standard InChI is InChI=1S/C10H6ClNS2/c1-13-10-4-7-8(11)2-6(5-12)3-9(7)14-10/h2-4H,1H3. The minimum atomic E-state index is 0.622. The summed E-state index contributed by atoms with van der Waals surface area (Å²) in [7, 11) is 0. The molecule has 2 rings (SSSR count). The topological polar surface area (TPSA) is 23.8 Å². The maximum absolute atomic E-state index is 8.78. The van der Waals surface area contributed by atoms with Crippen LogP contribution in [0, 0.1) is 11.3 Å². The third-order valence-corrected chi connectivity index (χ3v) is 4.35. The number of halogens is 1. The Bertz CT molecular complexity index is 525. The molecule has 1 aromatic carbocycles. The molecule has 1 nitrogen and oxygen atoms in total. The zero-order chi connectivity index (χ0) is 10.1. The van der Waals surface area contributed by atoms with Crippen molar-refractivity contribution in [1.82, 2.24) is 0 Å². The van der Waals surface area contributed by atoms with Gasteiger partial charge in [0.25, 0.3) is 0 Å². The summed E-state index contributed by atoms with van der Waals surface area (Å²) in [5.41, 5.74) is 0.622. The molecule has 0 saturated carbocycles. The second-order valence-corrected chi connectivity index (χ2v) is 5.35. The van der Waals surface area contributed by atoms with E-state index in [2.05, 4.69) is 12.1 Å². The van der Waals surface area contributed by atoms with E-state index in [1.165, 1.54) is 4.21 Å². The highest BCUT2D eigenvalue weighted by atomic mass is 35.5. The van der Waals surface area contributed by atoms with Gasteiger partial charge in [-0.05, 0) is 24.5 Å². The van der Waals surface area contributed by atoms with Gasteiger partial charge < -0.3 is 0 Å². The van der Waals surface area contributed by atoms with Crippen LogP contribution in [0.25, 0.3) is 10.1 Å². The highest BCUT2D eigenvalue weighted by Gasteiger charge is 2.06. The van der Waals surface area contributed by atoms with Gasteiger partial charge in [0, 0.05) is 10.1 Å². The number of rotatable bonds is 1. The molecular formula is C10H6ClNS2. The summed E-state index contributed by atoms with van der Waals surface area (Å²) < 4.78 is 2.30. The van der Waals surface area contributed by atoms with Crippen molar-refractivity contribution < 1.29 is 0 Å². The number of nitriles is 1. The lowest BCUT2D eigenvalue weighted by molar-refractivity contribution is 1.50. The molecule has 0 N–H and O–H groups in total. The summed E-state index contributed by atoms with van der Waals surface area (Å²) in [6.45, 7) is 0. The van der Waals surface area contributed by atoms with Gasteiger partial charge in [-0.3, -0.25) is 0 Å². The molecule has 0 bridgehead atoms. The van der Waals surface area contributed by atoms with E-state index in [-0.39, 0.29) is 0 Å². The maximum Gasteiger partial charge on any atom is 0.0992 e. The van der Waals surface area contributed by atoms with E-state index in [9.17, 15) is 0 Å². The molecule has 1 aromatic heterocycles. The Kier molecular flexibility index (Phi) is 2.69. The Hall–Kier alpha value is -0.690. The number of hydrogen-bond donors (Lipinski definition) is 0. The predicted octanol–water partition coefficient (Wildman–Crippen LogP) is 4.15. The molecule has 4 heteroatoms. The first kappa shape index (κ1) is 9.85. The number of hydrogen-bond acceptors (Lipinski definition) is 3. The zero-order valence-corrected chi connectivity index (χ0v) is 9.76. The van der Waals surface area contributed by atoms with E-state index < -0.39 is 0 Å². The van der Waals surface area contributed by atoms with E-state index in [0.29, 0.717) is 10.6 Å². The van der Waals surface area contributed by atoms with E-state index in [4.69, 9.17) is 16.9 Å². The second-order valence-electron chi connectivity index (χ2n) is 2.75. The third-order valence-electron chi connectivity index (χ3n) is 1.89. The smallest absolute Gasteiger partial charge is 0.0992 e. The van der Waals surface area contributed by atoms with E-state index in [1.807, 2.05) is 12.3 Å². The molecule has 1 heterocycles. The van der Waals surface area contributed by atoms with Crippen molar-refractivity contribution in [2.24, 2.45) is 0 Å². The Morgan fingerprint density at radius 3 is 2.86 bits per heavy atom. The Morgan fingerprint density at radius 1 is 1.43 bits per heavy atom. The lowest BCUT2D eigenvalue weighted by Gasteiger charge is -1.93. The SMILES string of the molecule is CSc1cc2c(Cl)cc(C#N)cc2s1. The molecule has 14 heavy (non-hydrogen) atoms. The van der Waals surface area contributed by atoms with Gasteiger partial charge in [0.1, 0.15) is 0 Å². The van der Waals surface area contributed by atoms with Crippen molar-refractivity contribution in [3.8, 4) is 6.07 Å². The number of benzene rings is 1. The lowest BCUT2D eigenvalue weighted by Crippen LogP contribution is -1.73. The average molecular weight is 240 g/mol. The van der Waals surface area contributed by atoms with Gasteiger partial charge in [0.15, 0.2) is 0 Å². The highest BCUT2D eigenvalue weighted by molar-refractivity contribution is 8.00. The molecule has 0 radical (unpaired) electrons. The van der Waals surface area contributed by atoms with Crippen LogP contribution in [0.5, 0.6) is 0 Å². The molecule has 0 aliphatic rings. The van der Waals surface area contributed by atoms with Crippen LogP contribution in [-0.4, -0.2) is 6.26 Å². The normalized spacial score (nSPS) is 10.4. The summed E-state index contributed by atoms with van der Waals surface area (Å²) in [5, 5.41) is 10.5. The lowest BCUT2D eigenvalue weighted by atomic mass is 10.2. The van der Waals surface area contributed by atoms with Gasteiger partial charge >= 0.3 is 0 Å². The Balaban J connectivity index is 2.75. The van der Waals surface area contributed by atoms with Crippen molar-refractivity contribution in [3.05, 3.63) is 28.8 Å². The fraction of sp³-hybridized carbons (Fsp3) is 0.100. The van der Waals surface area contributed by atoms with Crippen LogP contribution in [-0.2, 0) is 0 Å². The van der Waals surface area contributed by atoms with Crippen molar-refractivity contribution >= 4 is 44.8 Å². The van der Waals surface area contributed by atoms with Gasteiger partial charge in [-0.1, -0.05) is 11.6 Å². The molecule has 70 valence electrons. The van der Waals surface area contributed by atoms with Gasteiger partial charge in [-0.15, -0.1) is 23.1 Å². The quantitative estimate of drug-likeness (QED) is 0.698. The summed E-state index contributed by atoms with van der Waals surface area (Å²) in [5.74, 6) is 0. The van der Waals surface area contributed by atoms with Crippen LogP contribution in [0.1, 0.15) is 5.56 Å². The molecule has 0 saturated heterocycles. The monoisotopic (exact) mass is 239 g/mol. The van der Waals surface area contributed by atoms with Crippen molar-refractivity contribution in [2.45, 2.75) is 4.21 Å². The van der Waals surface area contributed by atoms with Gasteiger partial charge in [-0.2, -0.15) is 5.26 Å². The van der Waals surface area contributed by atoms with Crippen LogP contribution in [0.15, 0.2) is 22.4 Å². The first-order valence-corrected chi connectivity index (χ1v) is 6.33. The second kappa shape index (κ2) is 3.82. The minimum absolute atomic E-state index is 0.622. The minimum Gasteiger partial charge on any atom is -0.192 e. The fourth-order valence-electron chi connectivity index (χ4n) is 1.24. The van der Waals surface area contributed by atoms with Crippen molar-refractivity contribution in [1.29, 1.82) is 5.26 Å². The van der Waals surface area contributed by atoms with Gasteiger partial charge in [-0.25, -0.2) is 0 Å². The molecule has 0 unspecified atom stereocenters.